The number of ketones is 1. The number of carbonyl (C=O) groups is 2. The number of amides is 1. The molecule has 5 heteroatoms. The van der Waals surface area contributed by atoms with Crippen molar-refractivity contribution in [3.8, 4) is 0 Å². The van der Waals surface area contributed by atoms with Gasteiger partial charge in [-0.05, 0) is 19.9 Å². The number of rotatable bonds is 6. The third kappa shape index (κ3) is 3.57. The highest BCUT2D eigenvalue weighted by atomic mass is 16.2. The summed E-state index contributed by atoms with van der Waals surface area (Å²) in [5.74, 6) is 0.134. The van der Waals surface area contributed by atoms with Crippen LogP contribution in [-0.4, -0.2) is 55.9 Å². The Hall–Kier alpha value is -0.940. The minimum absolute atomic E-state index is 0.00562. The maximum Gasteiger partial charge on any atom is 0.220 e. The zero-order valence-electron chi connectivity index (χ0n) is 10.1. The van der Waals surface area contributed by atoms with E-state index in [1.165, 1.54) is 6.92 Å². The van der Waals surface area contributed by atoms with Gasteiger partial charge in [0.1, 0.15) is 0 Å². The zero-order chi connectivity index (χ0) is 12.0. The lowest BCUT2D eigenvalue weighted by molar-refractivity contribution is -0.135. The molecule has 0 saturated carbocycles. The van der Waals surface area contributed by atoms with Crippen LogP contribution in [0.4, 0.5) is 0 Å². The Labute approximate surface area is 96.6 Å². The standard InChI is InChI=1S/C11H21N3O2/c1-9(15)14-7-3-4-10(14)11(16)8-13-6-5-12-2/h10,12-13H,3-8H2,1-2H3. The van der Waals surface area contributed by atoms with E-state index in [1.54, 1.807) is 4.90 Å². The van der Waals surface area contributed by atoms with E-state index in [0.29, 0.717) is 6.54 Å². The minimum Gasteiger partial charge on any atom is -0.333 e. The van der Waals surface area contributed by atoms with Gasteiger partial charge in [-0.25, -0.2) is 0 Å². The predicted octanol–water partition coefficient (Wildman–Crippen LogP) is -0.625. The molecule has 0 aromatic heterocycles. The highest BCUT2D eigenvalue weighted by molar-refractivity contribution is 5.90. The topological polar surface area (TPSA) is 61.4 Å². The normalized spacial score (nSPS) is 20.1. The molecule has 1 saturated heterocycles. The third-order valence-corrected chi connectivity index (χ3v) is 2.88. The number of nitrogens with zero attached hydrogens (tertiary/aromatic N) is 1. The van der Waals surface area contributed by atoms with E-state index in [-0.39, 0.29) is 17.7 Å². The molecule has 0 aromatic rings. The first-order chi connectivity index (χ1) is 7.66. The Bertz CT molecular complexity index is 256. The van der Waals surface area contributed by atoms with Crippen LogP contribution in [-0.2, 0) is 9.59 Å². The van der Waals surface area contributed by atoms with Gasteiger partial charge in [-0.2, -0.15) is 0 Å². The lowest BCUT2D eigenvalue weighted by atomic mass is 10.1. The molecule has 92 valence electrons. The average Bonchev–Trinajstić information content (AvgIpc) is 2.73. The van der Waals surface area contributed by atoms with Crippen LogP contribution in [0.2, 0.25) is 0 Å². The zero-order valence-corrected chi connectivity index (χ0v) is 10.1. The molecule has 0 radical (unpaired) electrons. The van der Waals surface area contributed by atoms with Crippen molar-refractivity contribution in [2.24, 2.45) is 0 Å². The highest BCUT2D eigenvalue weighted by Crippen LogP contribution is 2.17. The van der Waals surface area contributed by atoms with Gasteiger partial charge in [0, 0.05) is 26.6 Å². The second-order valence-electron chi connectivity index (χ2n) is 4.12. The first-order valence-corrected chi connectivity index (χ1v) is 5.82. The maximum atomic E-state index is 11.8. The fourth-order valence-corrected chi connectivity index (χ4v) is 2.02. The maximum absolute atomic E-state index is 11.8. The molecular formula is C11H21N3O2. The second kappa shape index (κ2) is 6.60. The summed E-state index contributed by atoms with van der Waals surface area (Å²) in [5, 5.41) is 6.07. The second-order valence-corrected chi connectivity index (χ2v) is 4.12. The Morgan fingerprint density at radius 3 is 2.75 bits per heavy atom. The summed E-state index contributed by atoms with van der Waals surface area (Å²) >= 11 is 0. The summed E-state index contributed by atoms with van der Waals surface area (Å²) < 4.78 is 0. The molecule has 0 aromatic carbocycles. The van der Waals surface area contributed by atoms with Gasteiger partial charge in [-0.3, -0.25) is 9.59 Å². The van der Waals surface area contributed by atoms with Gasteiger partial charge in [-0.15, -0.1) is 0 Å². The highest BCUT2D eigenvalue weighted by Gasteiger charge is 2.31. The Kier molecular flexibility index (Phi) is 5.42. The molecular weight excluding hydrogens is 206 g/mol. The number of Topliss-reactive ketones (excluding diaryl/α,β-unsaturated/α-hetero) is 1. The molecule has 1 rings (SSSR count). The van der Waals surface area contributed by atoms with E-state index < -0.39 is 0 Å². The Morgan fingerprint density at radius 1 is 1.38 bits per heavy atom. The monoisotopic (exact) mass is 227 g/mol. The number of likely N-dealkylation sites (tertiary alicyclic amines) is 1. The molecule has 5 nitrogen and oxygen atoms in total. The molecule has 1 heterocycles. The van der Waals surface area contributed by atoms with Crippen molar-refractivity contribution in [3.63, 3.8) is 0 Å². The van der Waals surface area contributed by atoms with Crippen LogP contribution >= 0.6 is 0 Å². The Morgan fingerprint density at radius 2 is 2.12 bits per heavy atom. The molecule has 1 aliphatic heterocycles. The third-order valence-electron chi connectivity index (χ3n) is 2.88. The molecule has 1 fully saturated rings. The molecule has 0 aliphatic carbocycles. The first-order valence-electron chi connectivity index (χ1n) is 5.82. The average molecular weight is 227 g/mol. The molecule has 2 N–H and O–H groups in total. The van der Waals surface area contributed by atoms with Gasteiger partial charge in [0.25, 0.3) is 0 Å². The summed E-state index contributed by atoms with van der Waals surface area (Å²) in [7, 11) is 1.87. The quantitative estimate of drug-likeness (QED) is 0.593. The number of hydrogen-bond acceptors (Lipinski definition) is 4. The summed E-state index contributed by atoms with van der Waals surface area (Å²) in [5.41, 5.74) is 0. The van der Waals surface area contributed by atoms with Crippen LogP contribution in [0, 0.1) is 0 Å². The lowest BCUT2D eigenvalue weighted by Gasteiger charge is -2.22. The molecule has 1 aliphatic rings. The smallest absolute Gasteiger partial charge is 0.220 e. The summed E-state index contributed by atoms with van der Waals surface area (Å²) in [6.45, 7) is 4.22. The van der Waals surface area contributed by atoms with E-state index in [0.717, 1.165) is 32.5 Å². The number of nitrogens with one attached hydrogen (secondary N) is 2. The largest absolute Gasteiger partial charge is 0.333 e. The van der Waals surface area contributed by atoms with Crippen molar-refractivity contribution in [1.29, 1.82) is 0 Å². The molecule has 0 bridgehead atoms. The predicted molar refractivity (Wildman–Crippen MR) is 62.2 cm³/mol. The van der Waals surface area contributed by atoms with Gasteiger partial charge < -0.3 is 15.5 Å². The van der Waals surface area contributed by atoms with Gasteiger partial charge >= 0.3 is 0 Å². The van der Waals surface area contributed by atoms with E-state index in [2.05, 4.69) is 10.6 Å². The molecule has 1 atom stereocenters. The summed E-state index contributed by atoms with van der Waals surface area (Å²) in [6, 6.07) is -0.195. The van der Waals surface area contributed by atoms with E-state index >= 15 is 0 Å². The first kappa shape index (κ1) is 13.1. The van der Waals surface area contributed by atoms with Crippen molar-refractivity contribution < 1.29 is 9.59 Å². The molecule has 0 spiro atoms. The van der Waals surface area contributed by atoms with Crippen molar-refractivity contribution >= 4 is 11.7 Å². The van der Waals surface area contributed by atoms with E-state index in [4.69, 9.17) is 0 Å². The number of carbonyl (C=O) groups excluding carboxylic acids is 2. The Balaban J connectivity index is 2.32. The SMILES string of the molecule is CNCCNCC(=O)C1CCCN1C(C)=O. The van der Waals surface area contributed by atoms with Crippen LogP contribution in [0.5, 0.6) is 0 Å². The minimum atomic E-state index is -0.195. The van der Waals surface area contributed by atoms with Crippen LogP contribution in [0.1, 0.15) is 19.8 Å². The molecule has 1 unspecified atom stereocenters. The molecule has 16 heavy (non-hydrogen) atoms. The number of hydrogen-bond donors (Lipinski definition) is 2. The van der Waals surface area contributed by atoms with E-state index in [1.807, 2.05) is 7.05 Å². The van der Waals surface area contributed by atoms with Crippen LogP contribution in [0.15, 0.2) is 0 Å². The van der Waals surface area contributed by atoms with Gasteiger partial charge in [-0.1, -0.05) is 0 Å². The van der Waals surface area contributed by atoms with Crippen molar-refractivity contribution in [1.82, 2.24) is 15.5 Å². The number of likely N-dealkylation sites (N-methyl/N-ethyl adjacent to an activating group) is 1. The summed E-state index contributed by atoms with van der Waals surface area (Å²) in [4.78, 5) is 24.8. The van der Waals surface area contributed by atoms with E-state index in [9.17, 15) is 9.59 Å². The fourth-order valence-electron chi connectivity index (χ4n) is 2.02. The summed E-state index contributed by atoms with van der Waals surface area (Å²) in [6.07, 6.45) is 1.75. The van der Waals surface area contributed by atoms with Gasteiger partial charge in [0.05, 0.1) is 12.6 Å². The van der Waals surface area contributed by atoms with Crippen LogP contribution < -0.4 is 10.6 Å². The lowest BCUT2D eigenvalue weighted by Crippen LogP contribution is -2.43. The molecule has 1 amide bonds. The van der Waals surface area contributed by atoms with Crippen LogP contribution in [0.3, 0.4) is 0 Å². The van der Waals surface area contributed by atoms with Crippen molar-refractivity contribution in [2.45, 2.75) is 25.8 Å². The van der Waals surface area contributed by atoms with Gasteiger partial charge in [0.2, 0.25) is 5.91 Å². The van der Waals surface area contributed by atoms with Crippen molar-refractivity contribution in [2.75, 3.05) is 33.2 Å². The van der Waals surface area contributed by atoms with Crippen molar-refractivity contribution in [3.05, 3.63) is 0 Å². The van der Waals surface area contributed by atoms with Crippen LogP contribution in [0.25, 0.3) is 0 Å². The van der Waals surface area contributed by atoms with Gasteiger partial charge in [0.15, 0.2) is 5.78 Å². The fraction of sp³-hybridized carbons (Fsp3) is 0.818.